The lowest BCUT2D eigenvalue weighted by molar-refractivity contribution is 1.31. The van der Waals surface area contributed by atoms with Crippen LogP contribution in [0.4, 0.5) is 5.69 Å². The van der Waals surface area contributed by atoms with E-state index in [0.717, 1.165) is 21.2 Å². The molecule has 1 N–H and O–H groups in total. The van der Waals surface area contributed by atoms with E-state index in [2.05, 4.69) is 43.3 Å². The van der Waals surface area contributed by atoms with Gasteiger partial charge in [-0.25, -0.2) is 0 Å². The summed E-state index contributed by atoms with van der Waals surface area (Å²) in [7, 11) is 0. The molecule has 0 aliphatic heterocycles. The molecule has 0 bridgehead atoms. The summed E-state index contributed by atoms with van der Waals surface area (Å²) in [6.45, 7) is 2.86. The van der Waals surface area contributed by atoms with E-state index in [1.165, 1.54) is 0 Å². The van der Waals surface area contributed by atoms with Gasteiger partial charge in [0.15, 0.2) is 0 Å². The molecule has 1 aromatic carbocycles. The Labute approximate surface area is 95.5 Å². The van der Waals surface area contributed by atoms with Gasteiger partial charge < -0.3 is 5.32 Å². The molecule has 0 aromatic heterocycles. The van der Waals surface area contributed by atoms with Crippen LogP contribution in [0.5, 0.6) is 0 Å². The summed E-state index contributed by atoms with van der Waals surface area (Å²) in [5, 5.41) is 3.29. The van der Waals surface area contributed by atoms with Gasteiger partial charge in [-0.15, -0.1) is 0 Å². The van der Waals surface area contributed by atoms with Crippen LogP contribution in [0.3, 0.4) is 0 Å². The molecular formula is C10H11Br2N. The Morgan fingerprint density at radius 1 is 1.38 bits per heavy atom. The Morgan fingerprint density at radius 3 is 2.85 bits per heavy atom. The molecule has 0 fully saturated rings. The van der Waals surface area contributed by atoms with Crippen molar-refractivity contribution in [3.63, 3.8) is 0 Å². The molecule has 70 valence electrons. The Balaban J connectivity index is 2.69. The molecule has 0 spiro atoms. The second-order valence-electron chi connectivity index (χ2n) is 2.57. The maximum atomic E-state index is 3.48. The molecule has 0 unspecified atom stereocenters. The summed E-state index contributed by atoms with van der Waals surface area (Å²) in [4.78, 5) is 0. The van der Waals surface area contributed by atoms with Crippen LogP contribution in [0.25, 0.3) is 0 Å². The fourth-order valence-electron chi connectivity index (χ4n) is 0.920. The molecule has 13 heavy (non-hydrogen) atoms. The zero-order valence-electron chi connectivity index (χ0n) is 7.35. The average molecular weight is 305 g/mol. The summed E-state index contributed by atoms with van der Waals surface area (Å²) < 4.78 is 2.17. The number of benzene rings is 1. The SMILES string of the molecule is C/C=C/CNc1cc(Br)ccc1Br. The number of rotatable bonds is 3. The van der Waals surface area contributed by atoms with E-state index in [1.54, 1.807) is 0 Å². The van der Waals surface area contributed by atoms with Crippen molar-refractivity contribution in [1.29, 1.82) is 0 Å². The van der Waals surface area contributed by atoms with Gasteiger partial charge in [-0.05, 0) is 41.1 Å². The van der Waals surface area contributed by atoms with Crippen LogP contribution in [0.2, 0.25) is 0 Å². The first-order chi connectivity index (χ1) is 6.24. The predicted molar refractivity (Wildman–Crippen MR) is 65.1 cm³/mol. The van der Waals surface area contributed by atoms with Gasteiger partial charge in [-0.3, -0.25) is 0 Å². The third-order valence-corrected chi connectivity index (χ3v) is 2.76. The number of anilines is 1. The van der Waals surface area contributed by atoms with Crippen molar-refractivity contribution in [1.82, 2.24) is 0 Å². The third kappa shape index (κ3) is 3.53. The molecule has 0 amide bonds. The Bertz CT molecular complexity index is 308. The van der Waals surface area contributed by atoms with E-state index < -0.39 is 0 Å². The Morgan fingerprint density at radius 2 is 2.15 bits per heavy atom. The van der Waals surface area contributed by atoms with Crippen LogP contribution < -0.4 is 5.32 Å². The van der Waals surface area contributed by atoms with E-state index in [1.807, 2.05) is 31.2 Å². The quantitative estimate of drug-likeness (QED) is 0.825. The third-order valence-electron chi connectivity index (χ3n) is 1.57. The van der Waals surface area contributed by atoms with Crippen LogP contribution in [-0.4, -0.2) is 6.54 Å². The summed E-state index contributed by atoms with van der Waals surface area (Å²) in [5.74, 6) is 0. The van der Waals surface area contributed by atoms with Crippen LogP contribution >= 0.6 is 31.9 Å². The van der Waals surface area contributed by atoms with E-state index in [-0.39, 0.29) is 0 Å². The van der Waals surface area contributed by atoms with Gasteiger partial charge in [0.05, 0.1) is 0 Å². The second kappa shape index (κ2) is 5.45. The van der Waals surface area contributed by atoms with Gasteiger partial charge in [0.2, 0.25) is 0 Å². The maximum absolute atomic E-state index is 3.48. The average Bonchev–Trinajstić information content (AvgIpc) is 2.11. The van der Waals surface area contributed by atoms with Crippen molar-refractivity contribution in [3.8, 4) is 0 Å². The van der Waals surface area contributed by atoms with Gasteiger partial charge in [0, 0.05) is 21.2 Å². The molecule has 0 saturated heterocycles. The summed E-state index contributed by atoms with van der Waals surface area (Å²) in [5.41, 5.74) is 1.10. The van der Waals surface area contributed by atoms with Gasteiger partial charge in [0.25, 0.3) is 0 Å². The highest BCUT2D eigenvalue weighted by Gasteiger charge is 1.97. The maximum Gasteiger partial charge on any atom is 0.0498 e. The minimum Gasteiger partial charge on any atom is -0.381 e. The van der Waals surface area contributed by atoms with Crippen LogP contribution in [0.1, 0.15) is 6.92 Å². The highest BCUT2D eigenvalue weighted by Crippen LogP contribution is 2.25. The van der Waals surface area contributed by atoms with Gasteiger partial charge in [-0.1, -0.05) is 28.1 Å². The second-order valence-corrected chi connectivity index (χ2v) is 4.34. The molecule has 0 saturated carbocycles. The lowest BCUT2D eigenvalue weighted by Gasteiger charge is -2.06. The molecular weight excluding hydrogens is 294 g/mol. The lowest BCUT2D eigenvalue weighted by atomic mass is 10.3. The number of halogens is 2. The normalized spacial score (nSPS) is 10.7. The first-order valence-corrected chi connectivity index (χ1v) is 5.62. The zero-order chi connectivity index (χ0) is 9.68. The summed E-state index contributed by atoms with van der Waals surface area (Å²) >= 11 is 6.90. The number of hydrogen-bond donors (Lipinski definition) is 1. The monoisotopic (exact) mass is 303 g/mol. The Hall–Kier alpha value is -0.280. The van der Waals surface area contributed by atoms with Gasteiger partial charge in [-0.2, -0.15) is 0 Å². The van der Waals surface area contributed by atoms with Crippen molar-refractivity contribution in [2.24, 2.45) is 0 Å². The first-order valence-electron chi connectivity index (χ1n) is 4.04. The van der Waals surface area contributed by atoms with E-state index in [4.69, 9.17) is 0 Å². The molecule has 1 nitrogen and oxygen atoms in total. The number of nitrogens with one attached hydrogen (secondary N) is 1. The van der Waals surface area contributed by atoms with Crippen molar-refractivity contribution in [2.45, 2.75) is 6.92 Å². The minimum absolute atomic E-state index is 0.853. The topological polar surface area (TPSA) is 12.0 Å². The first kappa shape index (κ1) is 10.8. The molecule has 3 heteroatoms. The lowest BCUT2D eigenvalue weighted by Crippen LogP contribution is -1.98. The fraction of sp³-hybridized carbons (Fsp3) is 0.200. The number of allylic oxidation sites excluding steroid dienone is 1. The van der Waals surface area contributed by atoms with Crippen LogP contribution in [0.15, 0.2) is 39.3 Å². The zero-order valence-corrected chi connectivity index (χ0v) is 10.5. The number of hydrogen-bond acceptors (Lipinski definition) is 1. The molecule has 0 aliphatic rings. The molecule has 0 radical (unpaired) electrons. The van der Waals surface area contributed by atoms with E-state index >= 15 is 0 Å². The van der Waals surface area contributed by atoms with Gasteiger partial charge >= 0.3 is 0 Å². The van der Waals surface area contributed by atoms with Gasteiger partial charge in [0.1, 0.15) is 0 Å². The smallest absolute Gasteiger partial charge is 0.0498 e. The summed E-state index contributed by atoms with van der Waals surface area (Å²) in [6, 6.07) is 6.07. The summed E-state index contributed by atoms with van der Waals surface area (Å²) in [6.07, 6.45) is 4.10. The molecule has 0 atom stereocenters. The van der Waals surface area contributed by atoms with Crippen LogP contribution in [0, 0.1) is 0 Å². The largest absolute Gasteiger partial charge is 0.381 e. The molecule has 0 heterocycles. The van der Waals surface area contributed by atoms with E-state index in [9.17, 15) is 0 Å². The predicted octanol–water partition coefficient (Wildman–Crippen LogP) is 4.20. The fourth-order valence-corrected chi connectivity index (χ4v) is 1.67. The van der Waals surface area contributed by atoms with Crippen molar-refractivity contribution in [3.05, 3.63) is 39.3 Å². The highest BCUT2D eigenvalue weighted by atomic mass is 79.9. The van der Waals surface area contributed by atoms with E-state index in [0.29, 0.717) is 0 Å². The molecule has 1 rings (SSSR count). The Kier molecular flexibility index (Phi) is 4.53. The molecule has 1 aromatic rings. The molecule has 0 aliphatic carbocycles. The standard InChI is InChI=1S/C10H11Br2N/c1-2-3-6-13-10-7-8(11)4-5-9(10)12/h2-5,7,13H,6H2,1H3/b3-2+. The van der Waals surface area contributed by atoms with Crippen molar-refractivity contribution < 1.29 is 0 Å². The van der Waals surface area contributed by atoms with Crippen LogP contribution in [-0.2, 0) is 0 Å². The highest BCUT2D eigenvalue weighted by molar-refractivity contribution is 9.11. The van der Waals surface area contributed by atoms with Crippen molar-refractivity contribution >= 4 is 37.5 Å². The minimum atomic E-state index is 0.853. The van der Waals surface area contributed by atoms with Crippen molar-refractivity contribution in [2.75, 3.05) is 11.9 Å².